The van der Waals surface area contributed by atoms with Gasteiger partial charge < -0.3 is 0 Å². The van der Waals surface area contributed by atoms with Crippen LogP contribution in [-0.4, -0.2) is 30.8 Å². The van der Waals surface area contributed by atoms with Crippen molar-refractivity contribution in [2.75, 3.05) is 0 Å². The van der Waals surface area contributed by atoms with Gasteiger partial charge in [-0.25, -0.2) is 0 Å². The maximum absolute atomic E-state index is 13.0. The van der Waals surface area contributed by atoms with Crippen LogP contribution in [0.3, 0.4) is 0 Å². The summed E-state index contributed by atoms with van der Waals surface area (Å²) < 4.78 is 0. The Hall–Kier alpha value is -1.42. The molecular weight excluding hydrogens is 302 g/mol. The first-order chi connectivity index (χ1) is 11.1. The van der Waals surface area contributed by atoms with Crippen LogP contribution in [0.5, 0.6) is 0 Å². The van der Waals surface area contributed by atoms with Crippen LogP contribution in [0.1, 0.15) is 44.0 Å². The first-order valence-electron chi connectivity index (χ1n) is 9.02. The summed E-state index contributed by atoms with van der Waals surface area (Å²) in [6, 6.07) is 12.9. The zero-order chi connectivity index (χ0) is 16.6. The zero-order valence-corrected chi connectivity index (χ0v) is 15.4. The summed E-state index contributed by atoms with van der Waals surface area (Å²) in [6.07, 6.45) is 2.35. The fourth-order valence-electron chi connectivity index (χ4n) is 4.42. The van der Waals surface area contributed by atoms with Crippen molar-refractivity contribution >= 4 is 19.9 Å². The number of nitrogens with zero attached hydrogens (tertiary/aromatic N) is 1. The third-order valence-electron chi connectivity index (χ3n) is 6.26. The number of carbonyl (C=O) groups excluding carboxylic acids is 2. The number of carbonyl (C=O) groups is 2. The van der Waals surface area contributed by atoms with Crippen molar-refractivity contribution in [3.8, 4) is 0 Å². The molecule has 1 aliphatic heterocycles. The molecule has 0 spiro atoms. The molecule has 23 heavy (non-hydrogen) atoms. The van der Waals surface area contributed by atoms with Gasteiger partial charge in [0.2, 0.25) is 5.91 Å². The Balaban J connectivity index is 1.89. The van der Waals surface area contributed by atoms with E-state index in [1.807, 2.05) is 30.3 Å². The van der Waals surface area contributed by atoms with Gasteiger partial charge in [0.25, 0.3) is 5.91 Å². The molecule has 1 saturated heterocycles. The van der Waals surface area contributed by atoms with Crippen molar-refractivity contribution in [1.82, 2.24) is 4.90 Å². The van der Waals surface area contributed by atoms with Gasteiger partial charge in [0.1, 0.15) is 0 Å². The van der Waals surface area contributed by atoms with Crippen LogP contribution in [0.2, 0.25) is 23.7 Å². The first-order valence-corrected chi connectivity index (χ1v) is 11.7. The summed E-state index contributed by atoms with van der Waals surface area (Å²) in [5, 5.41) is 0. The van der Waals surface area contributed by atoms with Crippen LogP contribution in [0.25, 0.3) is 0 Å². The largest absolute Gasteiger partial charge is 0.275 e. The number of amides is 2. The summed E-state index contributed by atoms with van der Waals surface area (Å²) in [7, 11) is -1.61. The van der Waals surface area contributed by atoms with E-state index in [-0.39, 0.29) is 23.4 Å². The van der Waals surface area contributed by atoms with Crippen molar-refractivity contribution in [3.63, 3.8) is 0 Å². The predicted octanol–water partition coefficient (Wildman–Crippen LogP) is 4.33. The fourth-order valence-corrected chi connectivity index (χ4v) is 9.05. The first kappa shape index (κ1) is 16.4. The lowest BCUT2D eigenvalue weighted by atomic mass is 9.94. The van der Waals surface area contributed by atoms with Gasteiger partial charge in [-0.1, -0.05) is 57.1 Å². The van der Waals surface area contributed by atoms with Crippen molar-refractivity contribution in [2.45, 2.75) is 63.3 Å². The van der Waals surface area contributed by atoms with Gasteiger partial charge in [-0.15, -0.1) is 0 Å². The Kier molecular flexibility index (Phi) is 4.45. The molecule has 2 fully saturated rings. The summed E-state index contributed by atoms with van der Waals surface area (Å²) in [6.45, 7) is 6.74. The molecule has 1 aromatic carbocycles. The summed E-state index contributed by atoms with van der Waals surface area (Å²) >= 11 is 0. The van der Waals surface area contributed by atoms with Crippen LogP contribution in [-0.2, 0) is 4.79 Å². The molecule has 2 aliphatic rings. The fraction of sp³-hybridized carbons (Fsp3) is 0.579. The molecule has 4 heteroatoms. The van der Waals surface area contributed by atoms with Crippen LogP contribution >= 0.6 is 0 Å². The third-order valence-corrected chi connectivity index (χ3v) is 12.4. The van der Waals surface area contributed by atoms with E-state index in [4.69, 9.17) is 0 Å². The molecule has 1 aliphatic carbocycles. The minimum atomic E-state index is -1.61. The highest BCUT2D eigenvalue weighted by atomic mass is 28.3. The molecule has 3 rings (SSSR count). The van der Waals surface area contributed by atoms with Crippen molar-refractivity contribution in [1.29, 1.82) is 0 Å². The number of likely N-dealkylation sites (tertiary alicyclic amines) is 1. The quantitative estimate of drug-likeness (QED) is 0.442. The topological polar surface area (TPSA) is 37.4 Å². The molecule has 2 atom stereocenters. The minimum Gasteiger partial charge on any atom is -0.275 e. The van der Waals surface area contributed by atoms with Gasteiger partial charge >= 0.3 is 0 Å². The standard InChI is InChI=1S/C19H27NO2Si/c1-4-23(5-2,6-3)17-16(14-12-13-14)20(19(17)22)18(21)15-10-8-7-9-11-15/h7-11,14,16-17H,4-6,12-13H2,1-3H3/t16-,17+/m1/s1. The van der Waals surface area contributed by atoms with Crippen LogP contribution in [0, 0.1) is 5.92 Å². The van der Waals surface area contributed by atoms with Crippen LogP contribution < -0.4 is 0 Å². The molecule has 0 N–H and O–H groups in total. The predicted molar refractivity (Wildman–Crippen MR) is 95.1 cm³/mol. The lowest BCUT2D eigenvalue weighted by Crippen LogP contribution is -2.68. The van der Waals surface area contributed by atoms with Gasteiger partial charge in [0.15, 0.2) is 0 Å². The molecule has 1 aromatic rings. The number of benzene rings is 1. The van der Waals surface area contributed by atoms with E-state index >= 15 is 0 Å². The average molecular weight is 330 g/mol. The zero-order valence-electron chi connectivity index (χ0n) is 14.4. The van der Waals surface area contributed by atoms with E-state index in [0.717, 1.165) is 18.1 Å². The molecule has 3 nitrogen and oxygen atoms in total. The Morgan fingerprint density at radius 3 is 2.13 bits per heavy atom. The highest BCUT2D eigenvalue weighted by Gasteiger charge is 2.62. The SMILES string of the molecule is CC[Si](CC)(CC)[C@@H]1C(=O)N(C(=O)c2ccccc2)[C@@H]1C1CC1. The number of hydrogen-bond donors (Lipinski definition) is 0. The molecule has 0 radical (unpaired) electrons. The van der Waals surface area contributed by atoms with E-state index < -0.39 is 8.07 Å². The van der Waals surface area contributed by atoms with E-state index in [0.29, 0.717) is 11.5 Å². The molecule has 1 saturated carbocycles. The van der Waals surface area contributed by atoms with Gasteiger partial charge in [-0.3, -0.25) is 14.5 Å². The molecule has 1 heterocycles. The average Bonchev–Trinajstić information content (AvgIpc) is 3.42. The lowest BCUT2D eigenvalue weighted by Gasteiger charge is -2.53. The Morgan fingerprint density at radius 2 is 1.65 bits per heavy atom. The van der Waals surface area contributed by atoms with Crippen molar-refractivity contribution in [2.24, 2.45) is 5.92 Å². The highest BCUT2D eigenvalue weighted by molar-refractivity contribution is 6.84. The van der Waals surface area contributed by atoms with Crippen molar-refractivity contribution in [3.05, 3.63) is 35.9 Å². The highest BCUT2D eigenvalue weighted by Crippen LogP contribution is 2.54. The van der Waals surface area contributed by atoms with Gasteiger partial charge in [0, 0.05) is 5.56 Å². The van der Waals surface area contributed by atoms with Gasteiger partial charge in [0.05, 0.1) is 19.7 Å². The third kappa shape index (κ3) is 2.57. The molecule has 124 valence electrons. The van der Waals surface area contributed by atoms with E-state index in [1.54, 1.807) is 4.90 Å². The van der Waals surface area contributed by atoms with Crippen LogP contribution in [0.4, 0.5) is 0 Å². The van der Waals surface area contributed by atoms with E-state index in [2.05, 4.69) is 20.8 Å². The minimum absolute atomic E-state index is 0.0880. The second-order valence-corrected chi connectivity index (χ2v) is 12.6. The molecule has 0 bridgehead atoms. The second kappa shape index (κ2) is 6.23. The molecule has 0 unspecified atom stereocenters. The summed E-state index contributed by atoms with van der Waals surface area (Å²) in [5.74, 6) is 0.588. The lowest BCUT2D eigenvalue weighted by molar-refractivity contribution is -0.142. The Labute approximate surface area is 140 Å². The Bertz CT molecular complexity index is 584. The molecule has 2 amide bonds. The van der Waals surface area contributed by atoms with Crippen LogP contribution in [0.15, 0.2) is 30.3 Å². The van der Waals surface area contributed by atoms with E-state index in [9.17, 15) is 9.59 Å². The number of β-lactam (4-membered cyclic amide) rings is 1. The monoisotopic (exact) mass is 329 g/mol. The summed E-state index contributed by atoms with van der Waals surface area (Å²) in [4.78, 5) is 27.4. The smallest absolute Gasteiger partial charge is 0.260 e. The molecule has 0 aromatic heterocycles. The van der Waals surface area contributed by atoms with Gasteiger partial charge in [-0.2, -0.15) is 0 Å². The van der Waals surface area contributed by atoms with Gasteiger partial charge in [-0.05, 0) is 30.9 Å². The van der Waals surface area contributed by atoms with E-state index in [1.165, 1.54) is 12.8 Å². The maximum Gasteiger partial charge on any atom is 0.260 e. The van der Waals surface area contributed by atoms with Crippen molar-refractivity contribution < 1.29 is 9.59 Å². The number of rotatable bonds is 6. The summed E-state index contributed by atoms with van der Waals surface area (Å²) in [5.41, 5.74) is 0.810. The normalized spacial score (nSPS) is 24.5. The number of imide groups is 1. The number of hydrogen-bond acceptors (Lipinski definition) is 2. The second-order valence-electron chi connectivity index (χ2n) is 7.11. The Morgan fingerprint density at radius 1 is 1.09 bits per heavy atom. The maximum atomic E-state index is 13.0. The molecular formula is C19H27NO2Si.